The van der Waals surface area contributed by atoms with Crippen LogP contribution in [-0.2, 0) is 11.2 Å². The standard InChI is InChI=1S/C19H21FN2O/c1-13(19(23)22-16-11-9-15(20)10-12-16)21-18-8-4-6-14-5-2-3-7-17(14)18/h2-3,5,7,9-13,18,21H,4,6,8H2,1H3,(H,22,23)/p+1/t13-,18-/m0/s1. The molecular formula is C19H22FN2O+. The largest absolute Gasteiger partial charge is 0.330 e. The van der Waals surface area contributed by atoms with Crippen LogP contribution in [0.15, 0.2) is 48.5 Å². The van der Waals surface area contributed by atoms with Gasteiger partial charge in [0, 0.05) is 17.7 Å². The fraction of sp³-hybridized carbons (Fsp3) is 0.316. The molecule has 1 aliphatic carbocycles. The Kier molecular flexibility index (Phi) is 4.72. The van der Waals surface area contributed by atoms with Gasteiger partial charge in [0.2, 0.25) is 0 Å². The maximum atomic E-state index is 12.9. The van der Waals surface area contributed by atoms with Crippen LogP contribution in [0.5, 0.6) is 0 Å². The summed E-state index contributed by atoms with van der Waals surface area (Å²) in [6.07, 6.45) is 3.37. The van der Waals surface area contributed by atoms with Gasteiger partial charge in [0.1, 0.15) is 11.9 Å². The minimum atomic E-state index is -0.304. The molecule has 3 rings (SSSR count). The van der Waals surface area contributed by atoms with Crippen LogP contribution < -0.4 is 10.6 Å². The van der Waals surface area contributed by atoms with Gasteiger partial charge in [-0.1, -0.05) is 24.3 Å². The van der Waals surface area contributed by atoms with Crippen molar-refractivity contribution >= 4 is 11.6 Å². The van der Waals surface area contributed by atoms with Crippen molar-refractivity contribution in [1.29, 1.82) is 0 Å². The van der Waals surface area contributed by atoms with Crippen molar-refractivity contribution in [2.24, 2.45) is 0 Å². The number of hydrogen-bond donors (Lipinski definition) is 2. The normalized spacial score (nSPS) is 18.1. The van der Waals surface area contributed by atoms with Crippen LogP contribution in [0.1, 0.15) is 36.9 Å². The van der Waals surface area contributed by atoms with E-state index in [9.17, 15) is 9.18 Å². The number of carbonyl (C=O) groups is 1. The number of amides is 1. The highest BCUT2D eigenvalue weighted by molar-refractivity contribution is 5.93. The molecule has 1 aliphatic rings. The van der Waals surface area contributed by atoms with Crippen LogP contribution in [0.2, 0.25) is 0 Å². The van der Waals surface area contributed by atoms with E-state index < -0.39 is 0 Å². The maximum Gasteiger partial charge on any atom is 0.282 e. The summed E-state index contributed by atoms with van der Waals surface area (Å²) < 4.78 is 12.9. The molecule has 0 spiro atoms. The Hall–Kier alpha value is -2.20. The Morgan fingerprint density at radius 2 is 1.96 bits per heavy atom. The lowest BCUT2D eigenvalue weighted by molar-refractivity contribution is -0.714. The van der Waals surface area contributed by atoms with Crippen molar-refractivity contribution < 1.29 is 14.5 Å². The Bertz CT molecular complexity index is 684. The topological polar surface area (TPSA) is 45.7 Å². The van der Waals surface area contributed by atoms with Gasteiger partial charge in [0.25, 0.3) is 5.91 Å². The van der Waals surface area contributed by atoms with Crippen molar-refractivity contribution in [1.82, 2.24) is 0 Å². The minimum Gasteiger partial charge on any atom is -0.330 e. The molecule has 0 saturated heterocycles. The first kappa shape index (κ1) is 15.7. The Morgan fingerprint density at radius 1 is 1.22 bits per heavy atom. The molecule has 3 N–H and O–H groups in total. The van der Waals surface area contributed by atoms with Gasteiger partial charge < -0.3 is 10.6 Å². The number of quaternary nitrogens is 1. The van der Waals surface area contributed by atoms with E-state index in [1.807, 2.05) is 6.92 Å². The highest BCUT2D eigenvalue weighted by atomic mass is 19.1. The van der Waals surface area contributed by atoms with Crippen molar-refractivity contribution in [3.05, 3.63) is 65.5 Å². The van der Waals surface area contributed by atoms with Gasteiger partial charge in [-0.3, -0.25) is 4.79 Å². The van der Waals surface area contributed by atoms with Crippen molar-refractivity contribution in [3.63, 3.8) is 0 Å². The van der Waals surface area contributed by atoms with E-state index in [1.165, 1.54) is 23.3 Å². The number of aryl methyl sites for hydroxylation is 1. The number of rotatable bonds is 4. The molecule has 0 aliphatic heterocycles. The fourth-order valence-electron chi connectivity index (χ4n) is 3.22. The van der Waals surface area contributed by atoms with Crippen molar-refractivity contribution in [2.45, 2.75) is 38.3 Å². The summed E-state index contributed by atoms with van der Waals surface area (Å²) in [6.45, 7) is 1.91. The number of nitrogens with one attached hydrogen (secondary N) is 1. The van der Waals surface area contributed by atoms with Crippen molar-refractivity contribution in [3.8, 4) is 0 Å². The molecule has 0 aromatic heterocycles. The zero-order chi connectivity index (χ0) is 16.2. The van der Waals surface area contributed by atoms with Crippen molar-refractivity contribution in [2.75, 3.05) is 5.32 Å². The number of carbonyl (C=O) groups excluding carboxylic acids is 1. The van der Waals surface area contributed by atoms with Crippen LogP contribution in [0, 0.1) is 5.82 Å². The van der Waals surface area contributed by atoms with E-state index in [-0.39, 0.29) is 17.8 Å². The molecule has 0 heterocycles. The van der Waals surface area contributed by atoms with Crippen LogP contribution in [0.4, 0.5) is 10.1 Å². The first-order valence-electron chi connectivity index (χ1n) is 8.12. The van der Waals surface area contributed by atoms with E-state index in [4.69, 9.17) is 0 Å². The summed E-state index contributed by atoms with van der Waals surface area (Å²) >= 11 is 0. The smallest absolute Gasteiger partial charge is 0.282 e. The minimum absolute atomic E-state index is 0.0559. The zero-order valence-electron chi connectivity index (χ0n) is 13.3. The van der Waals surface area contributed by atoms with Crippen LogP contribution in [-0.4, -0.2) is 11.9 Å². The molecular weight excluding hydrogens is 291 g/mol. The summed E-state index contributed by atoms with van der Waals surface area (Å²) in [5, 5.41) is 4.98. The Balaban J connectivity index is 1.64. The highest BCUT2D eigenvalue weighted by Gasteiger charge is 2.27. The molecule has 2 aromatic rings. The molecule has 23 heavy (non-hydrogen) atoms. The molecule has 1 amide bonds. The first-order chi connectivity index (χ1) is 11.1. The zero-order valence-corrected chi connectivity index (χ0v) is 13.3. The molecule has 0 saturated carbocycles. The first-order valence-corrected chi connectivity index (χ1v) is 8.12. The molecule has 4 heteroatoms. The lowest BCUT2D eigenvalue weighted by Crippen LogP contribution is -2.92. The molecule has 3 nitrogen and oxygen atoms in total. The molecule has 120 valence electrons. The van der Waals surface area contributed by atoms with Gasteiger partial charge >= 0.3 is 0 Å². The number of benzene rings is 2. The predicted octanol–water partition coefficient (Wildman–Crippen LogP) is 2.79. The van der Waals surface area contributed by atoms with Gasteiger partial charge in [-0.15, -0.1) is 0 Å². The van der Waals surface area contributed by atoms with E-state index in [0.29, 0.717) is 11.7 Å². The second kappa shape index (κ2) is 6.92. The predicted molar refractivity (Wildman–Crippen MR) is 88.5 cm³/mol. The Morgan fingerprint density at radius 3 is 2.74 bits per heavy atom. The molecule has 0 fully saturated rings. The van der Waals surface area contributed by atoms with Crippen LogP contribution >= 0.6 is 0 Å². The molecule has 0 unspecified atom stereocenters. The van der Waals surface area contributed by atoms with Gasteiger partial charge in [0.05, 0.1) is 0 Å². The number of hydrogen-bond acceptors (Lipinski definition) is 1. The molecule has 2 aromatic carbocycles. The van der Waals surface area contributed by atoms with Crippen LogP contribution in [0.25, 0.3) is 0 Å². The summed E-state index contributed by atoms with van der Waals surface area (Å²) in [5.74, 6) is -0.360. The lowest BCUT2D eigenvalue weighted by atomic mass is 9.87. The Labute approximate surface area is 135 Å². The van der Waals surface area contributed by atoms with E-state index in [2.05, 4.69) is 34.9 Å². The third-order valence-corrected chi connectivity index (χ3v) is 4.46. The summed E-state index contributed by atoms with van der Waals surface area (Å²) in [5.41, 5.74) is 3.37. The second-order valence-electron chi connectivity index (χ2n) is 6.17. The van der Waals surface area contributed by atoms with Crippen LogP contribution in [0.3, 0.4) is 0 Å². The van der Waals surface area contributed by atoms with Gasteiger partial charge in [-0.25, -0.2) is 4.39 Å². The van der Waals surface area contributed by atoms with E-state index in [0.717, 1.165) is 19.3 Å². The lowest BCUT2D eigenvalue weighted by Gasteiger charge is -2.26. The summed E-state index contributed by atoms with van der Waals surface area (Å²) in [4.78, 5) is 12.3. The molecule has 0 bridgehead atoms. The third kappa shape index (κ3) is 3.77. The second-order valence-corrected chi connectivity index (χ2v) is 6.17. The number of nitrogens with two attached hydrogens (primary N) is 1. The van der Waals surface area contributed by atoms with Gasteiger partial charge in [-0.05, 0) is 49.6 Å². The molecule has 0 radical (unpaired) electrons. The maximum absolute atomic E-state index is 12.9. The quantitative estimate of drug-likeness (QED) is 0.896. The van der Waals surface area contributed by atoms with Gasteiger partial charge in [-0.2, -0.15) is 0 Å². The number of anilines is 1. The number of fused-ring (bicyclic) bond motifs is 1. The van der Waals surface area contributed by atoms with E-state index >= 15 is 0 Å². The summed E-state index contributed by atoms with van der Waals surface area (Å²) in [7, 11) is 0. The fourth-order valence-corrected chi connectivity index (χ4v) is 3.22. The third-order valence-electron chi connectivity index (χ3n) is 4.46. The average molecular weight is 313 g/mol. The van der Waals surface area contributed by atoms with Gasteiger partial charge in [0.15, 0.2) is 6.04 Å². The summed E-state index contributed by atoms with van der Waals surface area (Å²) in [6, 6.07) is 14.5. The monoisotopic (exact) mass is 313 g/mol. The number of halogens is 1. The highest BCUT2D eigenvalue weighted by Crippen LogP contribution is 2.26. The SMILES string of the molecule is C[C@H]([NH2+][C@H]1CCCc2ccccc21)C(=O)Nc1ccc(F)cc1. The van der Waals surface area contributed by atoms with E-state index in [1.54, 1.807) is 12.1 Å². The average Bonchev–Trinajstić information content (AvgIpc) is 2.57. The molecule has 2 atom stereocenters.